The Kier molecular flexibility index (Phi) is 3.59. The van der Waals surface area contributed by atoms with Crippen molar-refractivity contribution in [2.24, 2.45) is 0 Å². The molecule has 1 saturated heterocycles. The quantitative estimate of drug-likeness (QED) is 0.896. The first kappa shape index (κ1) is 14.3. The van der Waals surface area contributed by atoms with E-state index in [1.54, 1.807) is 13.8 Å². The summed E-state index contributed by atoms with van der Waals surface area (Å²) in [6, 6.07) is 1.84. The van der Waals surface area contributed by atoms with Crippen molar-refractivity contribution < 1.29 is 18.3 Å². The molecule has 0 amide bonds. The van der Waals surface area contributed by atoms with E-state index in [0.29, 0.717) is 0 Å². The lowest BCUT2D eigenvalue weighted by atomic mass is 10.0. The molecule has 1 atom stereocenters. The van der Waals surface area contributed by atoms with E-state index in [4.69, 9.17) is 0 Å². The topological polar surface area (TPSA) is 87.6 Å². The van der Waals surface area contributed by atoms with Crippen LogP contribution in [0.25, 0.3) is 0 Å². The number of thioether (sulfide) groups is 1. The summed E-state index contributed by atoms with van der Waals surface area (Å²) in [5.74, 6) is -1.01. The molecule has 8 heteroatoms. The summed E-state index contributed by atoms with van der Waals surface area (Å²) in [4.78, 5) is 15.2. The van der Waals surface area contributed by atoms with Crippen LogP contribution in [0, 0.1) is 0 Å². The Labute approximate surface area is 115 Å². The smallest absolute Gasteiger partial charge is 0.323 e. The normalized spacial score (nSPS) is 23.4. The van der Waals surface area contributed by atoms with Crippen LogP contribution in [-0.2, 0) is 14.8 Å². The molecular weight excluding hydrogens is 288 g/mol. The molecule has 2 rings (SSSR count). The van der Waals surface area contributed by atoms with Crippen LogP contribution in [0.5, 0.6) is 0 Å². The van der Waals surface area contributed by atoms with Crippen molar-refractivity contribution >= 4 is 27.8 Å². The number of carboxylic acids is 1. The average Bonchev–Trinajstić information content (AvgIpc) is 2.66. The second kappa shape index (κ2) is 4.77. The summed E-state index contributed by atoms with van der Waals surface area (Å²) in [6.45, 7) is 3.46. The highest BCUT2D eigenvalue weighted by atomic mass is 32.2. The SMILES string of the molecule is CC1(C)SCN(S(=O)(=O)c2cccnc2)C1C(=O)O. The zero-order valence-corrected chi connectivity index (χ0v) is 12.1. The zero-order chi connectivity index (χ0) is 14.3. The van der Waals surface area contributed by atoms with Gasteiger partial charge in [-0.3, -0.25) is 9.78 Å². The molecule has 1 N–H and O–H groups in total. The van der Waals surface area contributed by atoms with Crippen molar-refractivity contribution in [2.45, 2.75) is 29.5 Å². The van der Waals surface area contributed by atoms with Gasteiger partial charge in [0.1, 0.15) is 10.9 Å². The Morgan fingerprint density at radius 1 is 1.58 bits per heavy atom. The zero-order valence-electron chi connectivity index (χ0n) is 10.5. The van der Waals surface area contributed by atoms with Gasteiger partial charge in [0.2, 0.25) is 10.0 Å². The molecule has 0 aliphatic carbocycles. The molecule has 1 aromatic rings. The second-order valence-corrected chi connectivity index (χ2v) is 8.19. The molecule has 2 heterocycles. The third-order valence-electron chi connectivity index (χ3n) is 2.99. The number of hydrogen-bond acceptors (Lipinski definition) is 5. The summed E-state index contributed by atoms with van der Waals surface area (Å²) < 4.78 is 25.3. The largest absolute Gasteiger partial charge is 0.480 e. The molecule has 104 valence electrons. The molecule has 0 saturated carbocycles. The Morgan fingerprint density at radius 2 is 2.26 bits per heavy atom. The van der Waals surface area contributed by atoms with Gasteiger partial charge in [0, 0.05) is 17.1 Å². The fourth-order valence-electron chi connectivity index (χ4n) is 1.99. The lowest BCUT2D eigenvalue weighted by Crippen LogP contribution is -2.48. The number of sulfonamides is 1. The molecule has 1 aliphatic rings. The van der Waals surface area contributed by atoms with Crippen LogP contribution in [0.15, 0.2) is 29.4 Å². The van der Waals surface area contributed by atoms with E-state index in [-0.39, 0.29) is 10.8 Å². The number of pyridine rings is 1. The van der Waals surface area contributed by atoms with Gasteiger partial charge in [0.15, 0.2) is 0 Å². The average molecular weight is 302 g/mol. The predicted molar refractivity (Wildman–Crippen MR) is 71.2 cm³/mol. The fraction of sp³-hybridized carbons (Fsp3) is 0.455. The summed E-state index contributed by atoms with van der Waals surface area (Å²) in [7, 11) is -3.83. The van der Waals surface area contributed by atoms with E-state index in [9.17, 15) is 18.3 Å². The van der Waals surface area contributed by atoms with Gasteiger partial charge in [0.05, 0.1) is 5.88 Å². The maximum atomic E-state index is 12.4. The van der Waals surface area contributed by atoms with E-state index >= 15 is 0 Å². The van der Waals surface area contributed by atoms with Crippen LogP contribution in [0.2, 0.25) is 0 Å². The highest BCUT2D eigenvalue weighted by molar-refractivity contribution is 8.02. The molecule has 1 aliphatic heterocycles. The molecule has 0 aromatic carbocycles. The van der Waals surface area contributed by atoms with E-state index in [1.165, 1.54) is 36.3 Å². The first-order chi connectivity index (χ1) is 8.77. The van der Waals surface area contributed by atoms with Gasteiger partial charge in [-0.25, -0.2) is 8.42 Å². The van der Waals surface area contributed by atoms with Crippen LogP contribution in [0.1, 0.15) is 13.8 Å². The minimum Gasteiger partial charge on any atom is -0.480 e. The van der Waals surface area contributed by atoms with Crippen molar-refractivity contribution in [1.29, 1.82) is 0 Å². The van der Waals surface area contributed by atoms with E-state index in [2.05, 4.69) is 4.98 Å². The van der Waals surface area contributed by atoms with Gasteiger partial charge in [-0.05, 0) is 26.0 Å². The summed E-state index contributed by atoms with van der Waals surface area (Å²) >= 11 is 1.31. The molecular formula is C11H14N2O4S2. The predicted octanol–water partition coefficient (Wildman–Crippen LogP) is 1.01. The van der Waals surface area contributed by atoms with Crippen molar-refractivity contribution in [3.05, 3.63) is 24.5 Å². The third kappa shape index (κ3) is 2.47. The number of aromatic nitrogens is 1. The summed E-state index contributed by atoms with van der Waals surface area (Å²) in [6.07, 6.45) is 2.70. The number of carbonyl (C=O) groups is 1. The number of aliphatic carboxylic acids is 1. The Morgan fingerprint density at radius 3 is 2.79 bits per heavy atom. The molecule has 1 aromatic heterocycles. The van der Waals surface area contributed by atoms with Gasteiger partial charge in [-0.2, -0.15) is 4.31 Å². The number of hydrogen-bond donors (Lipinski definition) is 1. The maximum absolute atomic E-state index is 12.4. The molecule has 6 nitrogen and oxygen atoms in total. The van der Waals surface area contributed by atoms with Crippen LogP contribution in [0.3, 0.4) is 0 Å². The second-order valence-electron chi connectivity index (χ2n) is 4.70. The monoisotopic (exact) mass is 302 g/mol. The van der Waals surface area contributed by atoms with E-state index in [1.807, 2.05) is 0 Å². The lowest BCUT2D eigenvalue weighted by Gasteiger charge is -2.27. The molecule has 19 heavy (non-hydrogen) atoms. The van der Waals surface area contributed by atoms with E-state index < -0.39 is 26.8 Å². The van der Waals surface area contributed by atoms with Crippen LogP contribution < -0.4 is 0 Å². The van der Waals surface area contributed by atoms with Crippen molar-refractivity contribution in [1.82, 2.24) is 9.29 Å². The first-order valence-corrected chi connectivity index (χ1v) is 7.98. The van der Waals surface area contributed by atoms with Crippen molar-refractivity contribution in [2.75, 3.05) is 5.88 Å². The van der Waals surface area contributed by atoms with Crippen LogP contribution in [-0.4, -0.2) is 45.4 Å². The number of rotatable bonds is 3. The molecule has 1 fully saturated rings. The fourth-order valence-corrected chi connectivity index (χ4v) is 5.12. The first-order valence-electron chi connectivity index (χ1n) is 5.55. The van der Waals surface area contributed by atoms with Crippen molar-refractivity contribution in [3.8, 4) is 0 Å². The Balaban J connectivity index is 2.45. The molecule has 1 unspecified atom stereocenters. The van der Waals surface area contributed by atoms with Gasteiger partial charge in [-0.15, -0.1) is 11.8 Å². The highest BCUT2D eigenvalue weighted by Gasteiger charge is 2.51. The van der Waals surface area contributed by atoms with Crippen LogP contribution >= 0.6 is 11.8 Å². The number of carboxylic acid groups (broad SMARTS) is 1. The number of nitrogens with zero attached hydrogens (tertiary/aromatic N) is 2. The molecule has 0 bridgehead atoms. The summed E-state index contributed by atoms with van der Waals surface area (Å²) in [5, 5.41) is 9.29. The standard InChI is InChI=1S/C11H14N2O4S2/c1-11(2)9(10(14)15)13(7-18-11)19(16,17)8-4-3-5-12-6-8/h3-6,9H,7H2,1-2H3,(H,14,15). The minimum absolute atomic E-state index is 0.0135. The van der Waals surface area contributed by atoms with Crippen LogP contribution in [0.4, 0.5) is 0 Å². The Bertz CT molecular complexity index is 586. The van der Waals surface area contributed by atoms with Gasteiger partial charge in [0.25, 0.3) is 0 Å². The minimum atomic E-state index is -3.83. The maximum Gasteiger partial charge on any atom is 0.323 e. The lowest BCUT2D eigenvalue weighted by molar-refractivity contribution is -0.141. The van der Waals surface area contributed by atoms with Gasteiger partial charge in [-0.1, -0.05) is 0 Å². The van der Waals surface area contributed by atoms with Gasteiger partial charge < -0.3 is 5.11 Å². The van der Waals surface area contributed by atoms with Gasteiger partial charge >= 0.3 is 5.97 Å². The third-order valence-corrected chi connectivity index (χ3v) is 6.32. The molecule has 0 spiro atoms. The van der Waals surface area contributed by atoms with E-state index in [0.717, 1.165) is 4.31 Å². The Hall–Kier alpha value is -1.12. The molecule has 0 radical (unpaired) electrons. The highest BCUT2D eigenvalue weighted by Crippen LogP contribution is 2.41. The summed E-state index contributed by atoms with van der Waals surface area (Å²) in [5.41, 5.74) is 0. The van der Waals surface area contributed by atoms with Crippen molar-refractivity contribution in [3.63, 3.8) is 0 Å².